The second-order valence-corrected chi connectivity index (χ2v) is 5.17. The Morgan fingerprint density at radius 1 is 1.39 bits per heavy atom. The molecule has 1 aromatic heterocycles. The van der Waals surface area contributed by atoms with E-state index in [1.165, 1.54) is 0 Å². The number of carbonyl (C=O) groups is 1. The van der Waals surface area contributed by atoms with Crippen molar-refractivity contribution in [3.63, 3.8) is 0 Å². The van der Waals surface area contributed by atoms with E-state index in [-0.39, 0.29) is 11.8 Å². The van der Waals surface area contributed by atoms with Gasteiger partial charge in [0.15, 0.2) is 0 Å². The molecule has 2 unspecified atom stereocenters. The topological polar surface area (TPSA) is 76.2 Å². The zero-order chi connectivity index (χ0) is 12.7. The van der Waals surface area contributed by atoms with E-state index in [0.29, 0.717) is 18.1 Å². The molecule has 92 valence electrons. The number of carboxylic acid groups (broad SMARTS) is 1. The van der Waals surface area contributed by atoms with Crippen molar-refractivity contribution in [1.29, 1.82) is 0 Å². The minimum absolute atomic E-state index is 0.126. The highest BCUT2D eigenvalue weighted by atomic mass is 79.9. The van der Waals surface area contributed by atoms with Gasteiger partial charge in [-0.25, -0.2) is 0 Å². The highest BCUT2D eigenvalue weighted by Gasteiger charge is 2.48. The predicted molar refractivity (Wildman–Crippen MR) is 65.9 cm³/mol. The van der Waals surface area contributed by atoms with Crippen LogP contribution in [0.1, 0.15) is 18.2 Å². The third-order valence-corrected chi connectivity index (χ3v) is 3.50. The first-order valence-corrected chi connectivity index (χ1v) is 6.27. The molecule has 1 fully saturated rings. The highest BCUT2D eigenvalue weighted by Crippen LogP contribution is 2.47. The van der Waals surface area contributed by atoms with Crippen LogP contribution in [0.15, 0.2) is 33.3 Å². The Morgan fingerprint density at radius 3 is 2.72 bits per heavy atom. The van der Waals surface area contributed by atoms with Crippen molar-refractivity contribution in [2.45, 2.75) is 12.3 Å². The second-order valence-electron chi connectivity index (χ2n) is 4.25. The molecular weight excluding hydrogens is 300 g/mol. The maximum absolute atomic E-state index is 10.8. The highest BCUT2D eigenvalue weighted by molar-refractivity contribution is 9.10. The van der Waals surface area contributed by atoms with E-state index in [9.17, 15) is 4.79 Å². The van der Waals surface area contributed by atoms with Crippen LogP contribution in [0.5, 0.6) is 0 Å². The molecule has 1 aliphatic rings. The summed E-state index contributed by atoms with van der Waals surface area (Å²) in [6.07, 6.45) is 0.581. The summed E-state index contributed by atoms with van der Waals surface area (Å²) in [7, 11) is 0. The molecule has 1 saturated carbocycles. The molecule has 5 nitrogen and oxygen atoms in total. The van der Waals surface area contributed by atoms with Gasteiger partial charge in [-0.05, 0) is 30.7 Å². The molecule has 0 aliphatic heterocycles. The lowest BCUT2D eigenvalue weighted by atomic mass is 10.2. The van der Waals surface area contributed by atoms with Gasteiger partial charge < -0.3 is 9.63 Å². The number of aliphatic carboxylic acids is 1. The Balaban J connectivity index is 1.82. The van der Waals surface area contributed by atoms with Crippen LogP contribution in [0, 0.1) is 5.92 Å². The van der Waals surface area contributed by atoms with Crippen LogP contribution >= 0.6 is 15.9 Å². The van der Waals surface area contributed by atoms with E-state index in [2.05, 4.69) is 26.1 Å². The molecule has 18 heavy (non-hydrogen) atoms. The van der Waals surface area contributed by atoms with Crippen LogP contribution in [-0.4, -0.2) is 21.2 Å². The molecule has 1 heterocycles. The number of hydrogen-bond donors (Lipinski definition) is 1. The van der Waals surface area contributed by atoms with Gasteiger partial charge in [0.05, 0.1) is 11.8 Å². The van der Waals surface area contributed by atoms with Crippen molar-refractivity contribution in [3.8, 4) is 11.4 Å². The number of aromatic nitrogens is 2. The van der Waals surface area contributed by atoms with Crippen molar-refractivity contribution >= 4 is 21.9 Å². The summed E-state index contributed by atoms with van der Waals surface area (Å²) in [5.74, 6) is -0.389. The van der Waals surface area contributed by atoms with Gasteiger partial charge in [-0.3, -0.25) is 4.79 Å². The molecule has 1 N–H and O–H groups in total. The molecular formula is C12H9BrN2O3. The Kier molecular flexibility index (Phi) is 2.66. The summed E-state index contributed by atoms with van der Waals surface area (Å²) in [6.45, 7) is 0. The van der Waals surface area contributed by atoms with Crippen molar-refractivity contribution in [2.24, 2.45) is 5.92 Å². The van der Waals surface area contributed by atoms with Gasteiger partial charge in [0.25, 0.3) is 0 Å². The first-order chi connectivity index (χ1) is 8.65. The van der Waals surface area contributed by atoms with E-state index in [1.807, 2.05) is 24.3 Å². The Bertz CT molecular complexity index is 594. The summed E-state index contributed by atoms with van der Waals surface area (Å²) in [5, 5.41) is 12.7. The number of hydrogen-bond acceptors (Lipinski definition) is 4. The third-order valence-electron chi connectivity index (χ3n) is 2.97. The molecule has 0 bridgehead atoms. The van der Waals surface area contributed by atoms with E-state index >= 15 is 0 Å². The maximum atomic E-state index is 10.8. The van der Waals surface area contributed by atoms with Gasteiger partial charge in [0, 0.05) is 10.0 Å². The molecule has 2 aromatic rings. The molecule has 1 aromatic carbocycles. The smallest absolute Gasteiger partial charge is 0.307 e. The summed E-state index contributed by atoms with van der Waals surface area (Å²) in [4.78, 5) is 15.0. The van der Waals surface area contributed by atoms with Crippen LogP contribution in [0.3, 0.4) is 0 Å². The summed E-state index contributed by atoms with van der Waals surface area (Å²) in [5.41, 5.74) is 0.848. The van der Waals surface area contributed by atoms with Crippen LogP contribution in [0.2, 0.25) is 0 Å². The lowest BCUT2D eigenvalue weighted by Crippen LogP contribution is -1.98. The van der Waals surface area contributed by atoms with Crippen LogP contribution in [0.4, 0.5) is 0 Å². The average molecular weight is 309 g/mol. The number of nitrogens with zero attached hydrogens (tertiary/aromatic N) is 2. The molecule has 0 radical (unpaired) electrons. The largest absolute Gasteiger partial charge is 0.481 e. The lowest BCUT2D eigenvalue weighted by Gasteiger charge is -1.93. The molecule has 0 amide bonds. The van der Waals surface area contributed by atoms with Crippen molar-refractivity contribution in [3.05, 3.63) is 34.6 Å². The SMILES string of the molecule is O=C(O)C1CC1c1nc(-c2ccc(Br)cc2)no1. The van der Waals surface area contributed by atoms with Gasteiger partial charge in [0.2, 0.25) is 11.7 Å². The molecule has 6 heteroatoms. The average Bonchev–Trinajstić information content (AvgIpc) is 3.02. The Hall–Kier alpha value is -1.69. The predicted octanol–water partition coefficient (Wildman–Crippen LogP) is 2.69. The standard InChI is InChI=1S/C12H9BrN2O3/c13-7-3-1-6(2-4-7)10-14-11(18-15-10)8-5-9(8)12(16)17/h1-4,8-9H,5H2,(H,16,17). The van der Waals surface area contributed by atoms with Crippen LogP contribution in [-0.2, 0) is 4.79 Å². The zero-order valence-corrected chi connectivity index (χ0v) is 10.8. The van der Waals surface area contributed by atoms with E-state index in [0.717, 1.165) is 10.0 Å². The maximum Gasteiger partial charge on any atom is 0.307 e. The molecule has 3 rings (SSSR count). The second kappa shape index (κ2) is 4.20. The summed E-state index contributed by atoms with van der Waals surface area (Å²) >= 11 is 3.35. The van der Waals surface area contributed by atoms with Gasteiger partial charge >= 0.3 is 5.97 Å². The van der Waals surface area contributed by atoms with Crippen LogP contribution in [0.25, 0.3) is 11.4 Å². The number of halogens is 1. The fourth-order valence-electron chi connectivity index (χ4n) is 1.84. The normalized spacial score (nSPS) is 21.8. The van der Waals surface area contributed by atoms with Gasteiger partial charge in [-0.1, -0.05) is 21.1 Å². The number of benzene rings is 1. The molecule has 0 spiro atoms. The fraction of sp³-hybridized carbons (Fsp3) is 0.250. The minimum Gasteiger partial charge on any atom is -0.481 e. The lowest BCUT2D eigenvalue weighted by molar-refractivity contribution is -0.138. The van der Waals surface area contributed by atoms with Gasteiger partial charge in [0.1, 0.15) is 0 Å². The first kappa shape index (κ1) is 11.4. The Labute approximate surface area is 111 Å². The van der Waals surface area contributed by atoms with Crippen molar-refractivity contribution < 1.29 is 14.4 Å². The summed E-state index contributed by atoms with van der Waals surface area (Å²) in [6, 6.07) is 7.53. The molecule has 0 saturated heterocycles. The van der Waals surface area contributed by atoms with Gasteiger partial charge in [-0.2, -0.15) is 4.98 Å². The fourth-order valence-corrected chi connectivity index (χ4v) is 2.11. The third kappa shape index (κ3) is 2.03. The zero-order valence-electron chi connectivity index (χ0n) is 9.21. The molecule has 2 atom stereocenters. The Morgan fingerprint density at radius 2 is 2.11 bits per heavy atom. The quantitative estimate of drug-likeness (QED) is 0.943. The number of carboxylic acids is 1. The number of rotatable bonds is 3. The van der Waals surface area contributed by atoms with Crippen molar-refractivity contribution in [2.75, 3.05) is 0 Å². The minimum atomic E-state index is -0.802. The van der Waals surface area contributed by atoms with E-state index < -0.39 is 5.97 Å². The first-order valence-electron chi connectivity index (χ1n) is 5.47. The van der Waals surface area contributed by atoms with Crippen LogP contribution < -0.4 is 0 Å². The van der Waals surface area contributed by atoms with Gasteiger partial charge in [-0.15, -0.1) is 0 Å². The van der Waals surface area contributed by atoms with Crippen molar-refractivity contribution in [1.82, 2.24) is 10.1 Å². The monoisotopic (exact) mass is 308 g/mol. The van der Waals surface area contributed by atoms with E-state index in [1.54, 1.807) is 0 Å². The summed E-state index contributed by atoms with van der Waals surface area (Å²) < 4.78 is 6.09. The molecule has 1 aliphatic carbocycles. The van der Waals surface area contributed by atoms with E-state index in [4.69, 9.17) is 9.63 Å².